The SMILES string of the molecule is CC1(C)OB(c2cc(C3COCCO3)cc(C(F)(F)F)n2)OC1(C)C. The molecular weight excluding hydrogens is 338 g/mol. The van der Waals surface area contributed by atoms with Crippen LogP contribution in [0.3, 0.4) is 0 Å². The summed E-state index contributed by atoms with van der Waals surface area (Å²) in [7, 11) is -0.976. The maximum absolute atomic E-state index is 13.3. The summed E-state index contributed by atoms with van der Waals surface area (Å²) in [6, 6.07) is 2.53. The van der Waals surface area contributed by atoms with Crippen LogP contribution in [0.2, 0.25) is 0 Å². The van der Waals surface area contributed by atoms with Crippen LogP contribution in [0.5, 0.6) is 0 Å². The molecule has 0 aliphatic carbocycles. The molecule has 0 N–H and O–H groups in total. The average molecular weight is 359 g/mol. The number of rotatable bonds is 2. The molecule has 0 bridgehead atoms. The van der Waals surface area contributed by atoms with E-state index in [1.165, 1.54) is 6.07 Å². The molecule has 1 atom stereocenters. The van der Waals surface area contributed by atoms with E-state index < -0.39 is 36.3 Å². The largest absolute Gasteiger partial charge is 0.514 e. The molecule has 138 valence electrons. The molecule has 9 heteroatoms. The summed E-state index contributed by atoms with van der Waals surface area (Å²) in [4.78, 5) is 3.74. The van der Waals surface area contributed by atoms with Gasteiger partial charge in [-0.05, 0) is 45.4 Å². The van der Waals surface area contributed by atoms with Crippen molar-refractivity contribution in [2.45, 2.75) is 51.2 Å². The molecule has 2 fully saturated rings. The highest BCUT2D eigenvalue weighted by Gasteiger charge is 2.53. The Labute approximate surface area is 144 Å². The number of nitrogens with zero attached hydrogens (tertiary/aromatic N) is 1. The van der Waals surface area contributed by atoms with Gasteiger partial charge in [0, 0.05) is 0 Å². The van der Waals surface area contributed by atoms with E-state index in [1.807, 2.05) is 27.7 Å². The molecule has 0 aromatic carbocycles. The van der Waals surface area contributed by atoms with E-state index >= 15 is 0 Å². The van der Waals surface area contributed by atoms with Crippen molar-refractivity contribution in [3.63, 3.8) is 0 Å². The number of halogens is 3. The van der Waals surface area contributed by atoms with Crippen molar-refractivity contribution in [2.75, 3.05) is 19.8 Å². The molecular formula is C16H21BF3NO4. The zero-order chi connectivity index (χ0) is 18.5. The van der Waals surface area contributed by atoms with Gasteiger partial charge in [0.05, 0.1) is 36.6 Å². The molecule has 3 rings (SSSR count). The molecule has 2 aliphatic rings. The van der Waals surface area contributed by atoms with Crippen molar-refractivity contribution >= 4 is 12.7 Å². The van der Waals surface area contributed by atoms with Crippen LogP contribution in [0, 0.1) is 0 Å². The number of alkyl halides is 3. The second kappa shape index (κ2) is 6.23. The predicted octanol–water partition coefficient (Wildman–Crippen LogP) is 2.49. The van der Waals surface area contributed by atoms with Crippen LogP contribution in [-0.4, -0.2) is 43.1 Å². The fourth-order valence-corrected chi connectivity index (χ4v) is 2.67. The third kappa shape index (κ3) is 3.69. The molecule has 3 heterocycles. The maximum Gasteiger partial charge on any atom is 0.514 e. The minimum absolute atomic E-state index is 0.0812. The highest BCUT2D eigenvalue weighted by atomic mass is 19.4. The summed E-state index contributed by atoms with van der Waals surface area (Å²) in [5, 5.41) is 0. The first-order valence-corrected chi connectivity index (χ1v) is 8.14. The van der Waals surface area contributed by atoms with Crippen LogP contribution < -0.4 is 5.59 Å². The summed E-state index contributed by atoms with van der Waals surface area (Å²) in [5.74, 6) is 0. The van der Waals surface area contributed by atoms with Gasteiger partial charge in [-0.3, -0.25) is 4.98 Å². The van der Waals surface area contributed by atoms with Gasteiger partial charge in [0.2, 0.25) is 0 Å². The Morgan fingerprint density at radius 2 is 1.72 bits per heavy atom. The molecule has 2 saturated heterocycles. The first kappa shape index (κ1) is 18.6. The van der Waals surface area contributed by atoms with Crippen LogP contribution in [0.4, 0.5) is 13.2 Å². The summed E-state index contributed by atoms with van der Waals surface area (Å²) in [6.45, 7) is 8.29. The van der Waals surface area contributed by atoms with Crippen LogP contribution in [0.15, 0.2) is 12.1 Å². The van der Waals surface area contributed by atoms with Gasteiger partial charge in [-0.1, -0.05) is 0 Å². The third-order valence-corrected chi connectivity index (χ3v) is 4.84. The van der Waals surface area contributed by atoms with Gasteiger partial charge in [0.15, 0.2) is 0 Å². The Morgan fingerprint density at radius 3 is 2.24 bits per heavy atom. The number of ether oxygens (including phenoxy) is 2. The number of aromatic nitrogens is 1. The van der Waals surface area contributed by atoms with E-state index in [4.69, 9.17) is 18.8 Å². The quantitative estimate of drug-likeness (QED) is 0.760. The van der Waals surface area contributed by atoms with Gasteiger partial charge < -0.3 is 18.8 Å². The zero-order valence-electron chi connectivity index (χ0n) is 14.6. The molecule has 1 unspecified atom stereocenters. The lowest BCUT2D eigenvalue weighted by Crippen LogP contribution is -2.41. The number of hydrogen-bond acceptors (Lipinski definition) is 5. The highest BCUT2D eigenvalue weighted by molar-refractivity contribution is 6.61. The van der Waals surface area contributed by atoms with Crippen molar-refractivity contribution < 1.29 is 32.0 Å². The molecule has 2 aliphatic heterocycles. The van der Waals surface area contributed by atoms with Crippen molar-refractivity contribution in [1.29, 1.82) is 0 Å². The van der Waals surface area contributed by atoms with Crippen LogP contribution in [0.25, 0.3) is 0 Å². The van der Waals surface area contributed by atoms with Gasteiger partial charge in [-0.2, -0.15) is 13.2 Å². The van der Waals surface area contributed by atoms with E-state index in [9.17, 15) is 13.2 Å². The first-order valence-electron chi connectivity index (χ1n) is 8.14. The van der Waals surface area contributed by atoms with Gasteiger partial charge in [-0.15, -0.1) is 0 Å². The van der Waals surface area contributed by atoms with Gasteiger partial charge in [-0.25, -0.2) is 0 Å². The van der Waals surface area contributed by atoms with E-state index in [0.29, 0.717) is 18.8 Å². The summed E-state index contributed by atoms with van der Waals surface area (Å²) in [6.07, 6.45) is -5.15. The van der Waals surface area contributed by atoms with Crippen molar-refractivity contribution in [3.05, 3.63) is 23.4 Å². The van der Waals surface area contributed by atoms with E-state index in [-0.39, 0.29) is 12.2 Å². The lowest BCUT2D eigenvalue weighted by Gasteiger charge is -2.32. The maximum atomic E-state index is 13.3. The smallest absolute Gasteiger partial charge is 0.398 e. The monoisotopic (exact) mass is 359 g/mol. The molecule has 0 radical (unpaired) electrons. The number of hydrogen-bond donors (Lipinski definition) is 0. The van der Waals surface area contributed by atoms with Crippen LogP contribution in [-0.2, 0) is 25.0 Å². The number of pyridine rings is 1. The molecule has 0 amide bonds. The topological polar surface area (TPSA) is 49.8 Å². The molecule has 1 aromatic rings. The minimum atomic E-state index is -4.58. The summed E-state index contributed by atoms with van der Waals surface area (Å²) >= 11 is 0. The van der Waals surface area contributed by atoms with E-state index in [2.05, 4.69) is 4.98 Å². The van der Waals surface area contributed by atoms with Gasteiger partial charge in [0.25, 0.3) is 0 Å². The van der Waals surface area contributed by atoms with Crippen LogP contribution >= 0.6 is 0 Å². The van der Waals surface area contributed by atoms with Crippen molar-refractivity contribution in [3.8, 4) is 0 Å². The zero-order valence-corrected chi connectivity index (χ0v) is 14.6. The van der Waals surface area contributed by atoms with E-state index in [1.54, 1.807) is 0 Å². The Kier molecular flexibility index (Phi) is 4.64. The van der Waals surface area contributed by atoms with Gasteiger partial charge in [0.1, 0.15) is 11.8 Å². The first-order chi connectivity index (χ1) is 11.5. The molecule has 25 heavy (non-hydrogen) atoms. The normalized spacial score (nSPS) is 26.0. The standard InChI is InChI=1S/C16H21BF3NO4/c1-14(2)15(3,4)25-17(24-14)13-8-10(11-9-22-5-6-23-11)7-12(21-13)16(18,19)20/h7-8,11H,5-6,9H2,1-4H3. The third-order valence-electron chi connectivity index (χ3n) is 4.84. The Hall–Kier alpha value is -1.16. The second-order valence-corrected chi connectivity index (χ2v) is 7.23. The lowest BCUT2D eigenvalue weighted by molar-refractivity contribution is -0.141. The highest BCUT2D eigenvalue weighted by Crippen LogP contribution is 2.37. The molecule has 0 spiro atoms. The van der Waals surface area contributed by atoms with E-state index in [0.717, 1.165) is 6.07 Å². The van der Waals surface area contributed by atoms with Crippen molar-refractivity contribution in [1.82, 2.24) is 4.98 Å². The van der Waals surface area contributed by atoms with Crippen LogP contribution in [0.1, 0.15) is 45.1 Å². The van der Waals surface area contributed by atoms with Crippen molar-refractivity contribution in [2.24, 2.45) is 0 Å². The van der Waals surface area contributed by atoms with Gasteiger partial charge >= 0.3 is 13.3 Å². The fourth-order valence-electron chi connectivity index (χ4n) is 2.67. The molecule has 1 aromatic heterocycles. The second-order valence-electron chi connectivity index (χ2n) is 7.23. The average Bonchev–Trinajstić information content (AvgIpc) is 2.75. The summed E-state index contributed by atoms with van der Waals surface area (Å²) in [5.41, 5.74) is -1.90. The molecule has 5 nitrogen and oxygen atoms in total. The Bertz CT molecular complexity index is 629. The Balaban J connectivity index is 1.98. The Morgan fingerprint density at radius 1 is 1.08 bits per heavy atom. The molecule has 0 saturated carbocycles. The summed E-state index contributed by atoms with van der Waals surface area (Å²) < 4.78 is 62.4. The fraction of sp³-hybridized carbons (Fsp3) is 0.688. The minimum Gasteiger partial charge on any atom is -0.398 e. The lowest BCUT2D eigenvalue weighted by atomic mass is 9.82. The predicted molar refractivity (Wildman–Crippen MR) is 84.5 cm³/mol.